The molecule has 0 spiro atoms. The van der Waals surface area contributed by atoms with Gasteiger partial charge in [0.2, 0.25) is 0 Å². The molecule has 0 aromatic heterocycles. The minimum atomic E-state index is -0.325. The number of ether oxygens (including phenoxy) is 2. The van der Waals surface area contributed by atoms with Crippen LogP contribution in [0.15, 0.2) is 18.2 Å². The number of nitrogens with one attached hydrogen (secondary N) is 1. The van der Waals surface area contributed by atoms with E-state index in [1.165, 1.54) is 0 Å². The molecule has 96 valence electrons. The average molecular weight is 258 g/mol. The highest BCUT2D eigenvalue weighted by Crippen LogP contribution is 2.24. The monoisotopic (exact) mass is 257 g/mol. The lowest BCUT2D eigenvalue weighted by Crippen LogP contribution is -2.34. The Kier molecular flexibility index (Phi) is 5.92. The number of aryl methyl sites for hydroxylation is 1. The Balaban J connectivity index is 2.99. The number of likely N-dealkylation sites (N-methyl/N-ethyl adjacent to an activating group) is 1. The molecule has 0 radical (unpaired) electrons. The smallest absolute Gasteiger partial charge is 0.176 e. The molecule has 1 aromatic carbocycles. The molecule has 0 aliphatic carbocycles. The molecule has 1 aromatic rings. The minimum absolute atomic E-state index is 0.0203. The van der Waals surface area contributed by atoms with Crippen LogP contribution >= 0.6 is 11.6 Å². The van der Waals surface area contributed by atoms with Crippen LogP contribution in [-0.2, 0) is 9.47 Å². The molecule has 0 saturated carbocycles. The van der Waals surface area contributed by atoms with Gasteiger partial charge in [0.15, 0.2) is 6.29 Å². The van der Waals surface area contributed by atoms with E-state index in [2.05, 4.69) is 5.32 Å². The van der Waals surface area contributed by atoms with Crippen LogP contribution in [0, 0.1) is 6.92 Å². The first kappa shape index (κ1) is 14.5. The summed E-state index contributed by atoms with van der Waals surface area (Å²) in [6.07, 6.45) is -0.325. The molecule has 1 N–H and O–H groups in total. The Morgan fingerprint density at radius 3 is 2.41 bits per heavy atom. The largest absolute Gasteiger partial charge is 0.354 e. The van der Waals surface area contributed by atoms with Gasteiger partial charge in [0.25, 0.3) is 0 Å². The molecule has 0 amide bonds. The highest BCUT2D eigenvalue weighted by Gasteiger charge is 2.22. The number of rotatable bonds is 6. The molecule has 0 bridgehead atoms. The van der Waals surface area contributed by atoms with Gasteiger partial charge in [-0.3, -0.25) is 0 Å². The lowest BCUT2D eigenvalue weighted by molar-refractivity contribution is -0.123. The van der Waals surface area contributed by atoms with Crippen LogP contribution in [0.2, 0.25) is 5.02 Å². The zero-order valence-electron chi connectivity index (χ0n) is 10.8. The van der Waals surface area contributed by atoms with Crippen LogP contribution in [0.4, 0.5) is 0 Å². The molecule has 0 saturated heterocycles. The zero-order chi connectivity index (χ0) is 12.8. The second-order valence-corrected chi connectivity index (χ2v) is 4.29. The van der Waals surface area contributed by atoms with E-state index in [0.717, 1.165) is 22.7 Å². The van der Waals surface area contributed by atoms with Gasteiger partial charge in [-0.25, -0.2) is 0 Å². The van der Waals surface area contributed by atoms with Gasteiger partial charge in [-0.1, -0.05) is 30.7 Å². The summed E-state index contributed by atoms with van der Waals surface area (Å²) < 4.78 is 10.6. The predicted molar refractivity (Wildman–Crippen MR) is 70.4 cm³/mol. The maximum absolute atomic E-state index is 6.14. The van der Waals surface area contributed by atoms with Crippen LogP contribution < -0.4 is 5.32 Å². The highest BCUT2D eigenvalue weighted by molar-refractivity contribution is 6.31. The van der Waals surface area contributed by atoms with E-state index in [0.29, 0.717) is 0 Å². The first-order valence-electron chi connectivity index (χ1n) is 5.69. The molecule has 0 fully saturated rings. The van der Waals surface area contributed by atoms with Crippen LogP contribution in [-0.4, -0.2) is 27.1 Å². The van der Waals surface area contributed by atoms with Crippen molar-refractivity contribution in [1.82, 2.24) is 5.32 Å². The Labute approximate surface area is 108 Å². The highest BCUT2D eigenvalue weighted by atomic mass is 35.5. The molecular formula is C13H20ClNO2. The Morgan fingerprint density at radius 2 is 1.94 bits per heavy atom. The SMILES string of the molecule is CCNC(c1ccc(C)c(Cl)c1)C(OC)OC. The van der Waals surface area contributed by atoms with Gasteiger partial charge in [0.1, 0.15) is 0 Å². The fourth-order valence-electron chi connectivity index (χ4n) is 1.76. The lowest BCUT2D eigenvalue weighted by Gasteiger charge is -2.26. The number of hydrogen-bond donors (Lipinski definition) is 1. The maximum atomic E-state index is 6.14. The molecule has 0 aliphatic heterocycles. The first-order chi connectivity index (χ1) is 8.13. The van der Waals surface area contributed by atoms with Crippen LogP contribution in [0.3, 0.4) is 0 Å². The van der Waals surface area contributed by atoms with E-state index in [4.69, 9.17) is 21.1 Å². The molecule has 0 heterocycles. The van der Waals surface area contributed by atoms with Crippen molar-refractivity contribution in [2.24, 2.45) is 0 Å². The second kappa shape index (κ2) is 6.97. The summed E-state index contributed by atoms with van der Waals surface area (Å²) in [6, 6.07) is 5.98. The summed E-state index contributed by atoms with van der Waals surface area (Å²) in [5, 5.41) is 4.10. The fraction of sp³-hybridized carbons (Fsp3) is 0.538. The van der Waals surface area contributed by atoms with E-state index >= 15 is 0 Å². The second-order valence-electron chi connectivity index (χ2n) is 3.88. The van der Waals surface area contributed by atoms with E-state index in [1.807, 2.05) is 32.0 Å². The molecule has 17 heavy (non-hydrogen) atoms. The van der Waals surface area contributed by atoms with Crippen LogP contribution in [0.5, 0.6) is 0 Å². The fourth-order valence-corrected chi connectivity index (χ4v) is 1.95. The summed E-state index contributed by atoms with van der Waals surface area (Å²) >= 11 is 6.14. The molecule has 4 heteroatoms. The summed E-state index contributed by atoms with van der Waals surface area (Å²) in [6.45, 7) is 4.86. The first-order valence-corrected chi connectivity index (χ1v) is 6.06. The van der Waals surface area contributed by atoms with Crippen molar-refractivity contribution in [3.8, 4) is 0 Å². The topological polar surface area (TPSA) is 30.5 Å². The van der Waals surface area contributed by atoms with E-state index in [-0.39, 0.29) is 12.3 Å². The number of benzene rings is 1. The van der Waals surface area contributed by atoms with Crippen molar-refractivity contribution in [2.75, 3.05) is 20.8 Å². The Hall–Kier alpha value is -0.610. The molecule has 0 aliphatic rings. The van der Waals surface area contributed by atoms with Gasteiger partial charge in [-0.2, -0.15) is 0 Å². The third-order valence-electron chi connectivity index (χ3n) is 2.72. The van der Waals surface area contributed by atoms with E-state index in [9.17, 15) is 0 Å². The quantitative estimate of drug-likeness (QED) is 0.795. The third kappa shape index (κ3) is 3.68. The van der Waals surface area contributed by atoms with Gasteiger partial charge < -0.3 is 14.8 Å². The van der Waals surface area contributed by atoms with Gasteiger partial charge >= 0.3 is 0 Å². The van der Waals surface area contributed by atoms with Gasteiger partial charge in [-0.05, 0) is 30.7 Å². The molecule has 1 atom stereocenters. The normalized spacial score (nSPS) is 13.1. The van der Waals surface area contributed by atoms with Crippen LogP contribution in [0.25, 0.3) is 0 Å². The summed E-state index contributed by atoms with van der Waals surface area (Å²) in [7, 11) is 3.27. The van der Waals surface area contributed by atoms with Crippen molar-refractivity contribution >= 4 is 11.6 Å². The zero-order valence-corrected chi connectivity index (χ0v) is 11.5. The molecule has 1 unspecified atom stereocenters. The van der Waals surface area contributed by atoms with E-state index in [1.54, 1.807) is 14.2 Å². The summed E-state index contributed by atoms with van der Waals surface area (Å²) in [5.41, 5.74) is 2.13. The minimum Gasteiger partial charge on any atom is -0.354 e. The Morgan fingerprint density at radius 1 is 1.29 bits per heavy atom. The third-order valence-corrected chi connectivity index (χ3v) is 3.12. The van der Waals surface area contributed by atoms with E-state index < -0.39 is 0 Å². The van der Waals surface area contributed by atoms with Crippen LogP contribution in [0.1, 0.15) is 24.1 Å². The van der Waals surface area contributed by atoms with Crippen molar-refractivity contribution in [3.63, 3.8) is 0 Å². The molecular weight excluding hydrogens is 238 g/mol. The van der Waals surface area contributed by atoms with Gasteiger partial charge in [-0.15, -0.1) is 0 Å². The van der Waals surface area contributed by atoms with Gasteiger partial charge in [0.05, 0.1) is 6.04 Å². The summed E-state index contributed by atoms with van der Waals surface area (Å²) in [4.78, 5) is 0. The van der Waals surface area contributed by atoms with Crippen molar-refractivity contribution in [2.45, 2.75) is 26.2 Å². The number of methoxy groups -OCH3 is 2. The molecule has 1 rings (SSSR count). The van der Waals surface area contributed by atoms with Crippen molar-refractivity contribution in [3.05, 3.63) is 34.3 Å². The van der Waals surface area contributed by atoms with Crippen molar-refractivity contribution < 1.29 is 9.47 Å². The van der Waals surface area contributed by atoms with Gasteiger partial charge in [0, 0.05) is 19.2 Å². The molecule has 3 nitrogen and oxygen atoms in total. The predicted octanol–water partition coefficient (Wildman–Crippen LogP) is 2.92. The number of halogens is 1. The average Bonchev–Trinajstić information content (AvgIpc) is 2.33. The Bertz CT molecular complexity index is 353. The lowest BCUT2D eigenvalue weighted by atomic mass is 10.0. The standard InChI is InChI=1S/C13H20ClNO2/c1-5-15-12(13(16-3)17-4)10-7-6-9(2)11(14)8-10/h6-8,12-13,15H,5H2,1-4H3. The van der Waals surface area contributed by atoms with Crippen molar-refractivity contribution in [1.29, 1.82) is 0 Å². The number of hydrogen-bond acceptors (Lipinski definition) is 3. The maximum Gasteiger partial charge on any atom is 0.176 e. The summed E-state index contributed by atoms with van der Waals surface area (Å²) in [5.74, 6) is 0.